The molecule has 0 spiro atoms. The average Bonchev–Trinajstić information content (AvgIpc) is 2.38. The maximum Gasteiger partial charge on any atom is 0.417 e. The smallest absolute Gasteiger partial charge is 0.381 e. The van der Waals surface area contributed by atoms with E-state index in [-0.39, 0.29) is 23.3 Å². The van der Waals surface area contributed by atoms with Gasteiger partial charge in [0, 0.05) is 19.3 Å². The minimum absolute atomic E-state index is 0. The summed E-state index contributed by atoms with van der Waals surface area (Å²) in [5.74, 6) is 0.149. The molecule has 1 fully saturated rings. The highest BCUT2D eigenvalue weighted by Crippen LogP contribution is 2.37. The number of rotatable bonds is 2. The maximum atomic E-state index is 12.8. The summed E-state index contributed by atoms with van der Waals surface area (Å²) in [6, 6.07) is 3.47. The first-order valence-electron chi connectivity index (χ1n) is 6.09. The lowest BCUT2D eigenvalue weighted by molar-refractivity contribution is -0.137. The third kappa shape index (κ3) is 4.01. The molecule has 7 heteroatoms. The molecular weight excluding hydrogens is 314 g/mol. The normalized spacial score (nSPS) is 18.4. The molecule has 20 heavy (non-hydrogen) atoms. The Bertz CT molecular complexity index is 448. The Kier molecular flexibility index (Phi) is 6.13. The maximum absolute atomic E-state index is 12.8. The predicted octanol–water partition coefficient (Wildman–Crippen LogP) is 4.21. The van der Waals surface area contributed by atoms with E-state index in [1.807, 2.05) is 0 Å². The molecule has 1 aliphatic heterocycles. The number of hydrogen-bond acceptors (Lipinski definition) is 2. The van der Waals surface area contributed by atoms with Crippen molar-refractivity contribution in [3.63, 3.8) is 0 Å². The summed E-state index contributed by atoms with van der Waals surface area (Å²) in [6.07, 6.45) is -2.92. The van der Waals surface area contributed by atoms with E-state index < -0.39 is 17.8 Å². The lowest BCUT2D eigenvalue weighted by Gasteiger charge is -2.28. The van der Waals surface area contributed by atoms with Gasteiger partial charge < -0.3 is 10.5 Å². The highest BCUT2D eigenvalue weighted by Gasteiger charge is 2.34. The van der Waals surface area contributed by atoms with Gasteiger partial charge in [-0.15, -0.1) is 12.4 Å². The molecule has 1 saturated heterocycles. The number of halogens is 5. The highest BCUT2D eigenvalue weighted by atomic mass is 35.5. The van der Waals surface area contributed by atoms with Crippen molar-refractivity contribution in [1.82, 2.24) is 0 Å². The summed E-state index contributed by atoms with van der Waals surface area (Å²) in [5.41, 5.74) is 5.72. The monoisotopic (exact) mass is 329 g/mol. The zero-order chi connectivity index (χ0) is 14.0. The van der Waals surface area contributed by atoms with Crippen molar-refractivity contribution in [2.24, 2.45) is 11.7 Å². The first-order valence-corrected chi connectivity index (χ1v) is 6.47. The van der Waals surface area contributed by atoms with Gasteiger partial charge >= 0.3 is 6.18 Å². The summed E-state index contributed by atoms with van der Waals surface area (Å²) < 4.78 is 43.6. The Balaban J connectivity index is 0.00000200. The van der Waals surface area contributed by atoms with Crippen molar-refractivity contribution >= 4 is 24.0 Å². The number of hydrogen-bond donors (Lipinski definition) is 1. The summed E-state index contributed by atoms with van der Waals surface area (Å²) in [5, 5.41) is -0.296. The largest absolute Gasteiger partial charge is 0.417 e. The Morgan fingerprint density at radius 3 is 2.40 bits per heavy atom. The molecule has 0 unspecified atom stereocenters. The Labute approximate surface area is 126 Å². The third-order valence-electron chi connectivity index (χ3n) is 3.45. The van der Waals surface area contributed by atoms with Crippen LogP contribution < -0.4 is 5.73 Å². The highest BCUT2D eigenvalue weighted by molar-refractivity contribution is 6.31. The number of nitrogens with two attached hydrogens (primary N) is 1. The number of benzene rings is 1. The van der Waals surface area contributed by atoms with Crippen LogP contribution in [0.15, 0.2) is 18.2 Å². The average molecular weight is 330 g/mol. The Morgan fingerprint density at radius 2 is 1.85 bits per heavy atom. The predicted molar refractivity (Wildman–Crippen MR) is 74.2 cm³/mol. The fraction of sp³-hybridized carbons (Fsp3) is 0.538. The fourth-order valence-electron chi connectivity index (χ4n) is 2.31. The quantitative estimate of drug-likeness (QED) is 0.882. The van der Waals surface area contributed by atoms with E-state index in [1.165, 1.54) is 6.07 Å². The van der Waals surface area contributed by atoms with Crippen LogP contribution in [0.3, 0.4) is 0 Å². The van der Waals surface area contributed by atoms with Gasteiger partial charge in [0.05, 0.1) is 10.6 Å². The molecule has 114 valence electrons. The third-order valence-corrected chi connectivity index (χ3v) is 3.78. The van der Waals surface area contributed by atoms with E-state index in [2.05, 4.69) is 0 Å². The van der Waals surface area contributed by atoms with Gasteiger partial charge in [-0.3, -0.25) is 0 Å². The van der Waals surface area contributed by atoms with E-state index >= 15 is 0 Å². The van der Waals surface area contributed by atoms with Gasteiger partial charge in [0.1, 0.15) is 0 Å². The van der Waals surface area contributed by atoms with Gasteiger partial charge in [0.25, 0.3) is 0 Å². The molecule has 2 rings (SSSR count). The van der Waals surface area contributed by atoms with Gasteiger partial charge in [-0.25, -0.2) is 0 Å². The SMILES string of the molecule is Cl.N[C@H](c1ccc(Cl)c(C(F)(F)F)c1)C1CCOCC1. The van der Waals surface area contributed by atoms with E-state index in [0.29, 0.717) is 18.8 Å². The van der Waals surface area contributed by atoms with E-state index in [9.17, 15) is 13.2 Å². The first-order chi connectivity index (χ1) is 8.89. The second-order valence-electron chi connectivity index (χ2n) is 4.71. The molecule has 1 aromatic carbocycles. The van der Waals surface area contributed by atoms with Crippen molar-refractivity contribution < 1.29 is 17.9 Å². The standard InChI is InChI=1S/C13H15ClF3NO.ClH/c14-11-2-1-9(7-10(11)13(15,16)17)12(18)8-3-5-19-6-4-8;/h1-2,7-8,12H,3-6,18H2;1H/t12-;/m0./s1. The zero-order valence-corrected chi connectivity index (χ0v) is 12.2. The van der Waals surface area contributed by atoms with Gasteiger partial charge in [0.15, 0.2) is 0 Å². The lowest BCUT2D eigenvalue weighted by atomic mass is 9.87. The van der Waals surface area contributed by atoms with Crippen molar-refractivity contribution in [2.45, 2.75) is 25.1 Å². The molecule has 0 bridgehead atoms. The molecular formula is C13H16Cl2F3NO. The minimum Gasteiger partial charge on any atom is -0.381 e. The lowest BCUT2D eigenvalue weighted by Crippen LogP contribution is -2.27. The second kappa shape index (κ2) is 6.98. The molecule has 1 atom stereocenters. The van der Waals surface area contributed by atoms with Gasteiger partial charge in [-0.05, 0) is 36.5 Å². The number of ether oxygens (including phenoxy) is 1. The fourth-order valence-corrected chi connectivity index (χ4v) is 2.54. The van der Waals surface area contributed by atoms with Crippen LogP contribution in [0.25, 0.3) is 0 Å². The van der Waals surface area contributed by atoms with Crippen LogP contribution in [0.1, 0.15) is 30.0 Å². The van der Waals surface area contributed by atoms with Crippen molar-refractivity contribution in [3.8, 4) is 0 Å². The Hall–Kier alpha value is -0.490. The van der Waals surface area contributed by atoms with Gasteiger partial charge in [0.2, 0.25) is 0 Å². The van der Waals surface area contributed by atoms with Crippen LogP contribution in [-0.4, -0.2) is 13.2 Å². The second-order valence-corrected chi connectivity index (χ2v) is 5.12. The van der Waals surface area contributed by atoms with Crippen molar-refractivity contribution in [1.29, 1.82) is 0 Å². The topological polar surface area (TPSA) is 35.2 Å². The van der Waals surface area contributed by atoms with Crippen molar-refractivity contribution in [2.75, 3.05) is 13.2 Å². The molecule has 0 amide bonds. The van der Waals surface area contributed by atoms with Crippen LogP contribution in [-0.2, 0) is 10.9 Å². The van der Waals surface area contributed by atoms with Crippen molar-refractivity contribution in [3.05, 3.63) is 34.3 Å². The first kappa shape index (κ1) is 17.6. The molecule has 0 saturated carbocycles. The molecule has 2 nitrogen and oxygen atoms in total. The summed E-state index contributed by atoms with van der Waals surface area (Å²) >= 11 is 5.59. The summed E-state index contributed by atoms with van der Waals surface area (Å²) in [4.78, 5) is 0. The molecule has 1 aromatic rings. The zero-order valence-electron chi connectivity index (χ0n) is 10.6. The molecule has 0 radical (unpaired) electrons. The van der Waals surface area contributed by atoms with Crippen LogP contribution in [0.2, 0.25) is 5.02 Å². The van der Waals surface area contributed by atoms with E-state index in [0.717, 1.165) is 18.9 Å². The van der Waals surface area contributed by atoms with Gasteiger partial charge in [-0.1, -0.05) is 17.7 Å². The van der Waals surface area contributed by atoms with Crippen LogP contribution in [0, 0.1) is 5.92 Å². The van der Waals surface area contributed by atoms with E-state index in [1.54, 1.807) is 6.07 Å². The molecule has 2 N–H and O–H groups in total. The van der Waals surface area contributed by atoms with Gasteiger partial charge in [-0.2, -0.15) is 13.2 Å². The Morgan fingerprint density at radius 1 is 1.25 bits per heavy atom. The van der Waals surface area contributed by atoms with Crippen LogP contribution >= 0.6 is 24.0 Å². The molecule has 1 aliphatic rings. The molecule has 1 heterocycles. The molecule has 0 aromatic heterocycles. The number of alkyl halides is 3. The minimum atomic E-state index is -4.46. The van der Waals surface area contributed by atoms with Crippen LogP contribution in [0.4, 0.5) is 13.2 Å². The summed E-state index contributed by atoms with van der Waals surface area (Å²) in [7, 11) is 0. The van der Waals surface area contributed by atoms with Crippen LogP contribution in [0.5, 0.6) is 0 Å². The summed E-state index contributed by atoms with van der Waals surface area (Å²) in [6.45, 7) is 1.22. The van der Waals surface area contributed by atoms with E-state index in [4.69, 9.17) is 22.1 Å². The molecule has 0 aliphatic carbocycles.